The molecular formula is C17H22N4O3. The van der Waals surface area contributed by atoms with Crippen molar-refractivity contribution >= 4 is 16.8 Å². The zero-order chi connectivity index (χ0) is 17.1. The van der Waals surface area contributed by atoms with Gasteiger partial charge in [0.05, 0.1) is 10.9 Å². The summed E-state index contributed by atoms with van der Waals surface area (Å²) in [7, 11) is 0. The van der Waals surface area contributed by atoms with Crippen molar-refractivity contribution in [1.29, 1.82) is 0 Å². The molecule has 2 heterocycles. The lowest BCUT2D eigenvalue weighted by Crippen LogP contribution is -2.48. The molecule has 1 amide bonds. The molecule has 2 aromatic rings. The van der Waals surface area contributed by atoms with Crippen LogP contribution in [0.1, 0.15) is 13.3 Å². The first-order chi connectivity index (χ1) is 11.6. The van der Waals surface area contributed by atoms with E-state index in [0.29, 0.717) is 10.9 Å². The predicted molar refractivity (Wildman–Crippen MR) is 92.1 cm³/mol. The number of carbonyl (C=O) groups is 1. The number of carbonyl (C=O) groups excluding carboxylic acids is 1. The minimum Gasteiger partial charge on any atom is -0.340 e. The molecule has 7 nitrogen and oxygen atoms in total. The molecule has 1 N–H and O–H groups in total. The lowest BCUT2D eigenvalue weighted by atomic mass is 10.2. The Morgan fingerprint density at radius 3 is 2.54 bits per heavy atom. The quantitative estimate of drug-likeness (QED) is 0.871. The third kappa shape index (κ3) is 3.26. The van der Waals surface area contributed by atoms with Crippen molar-refractivity contribution in [1.82, 2.24) is 19.4 Å². The van der Waals surface area contributed by atoms with E-state index in [1.807, 2.05) is 4.90 Å². The van der Waals surface area contributed by atoms with Crippen molar-refractivity contribution in [3.05, 3.63) is 45.1 Å². The molecule has 1 saturated heterocycles. The molecule has 0 aliphatic carbocycles. The normalized spacial score (nSPS) is 15.8. The van der Waals surface area contributed by atoms with Gasteiger partial charge in [-0.15, -0.1) is 0 Å². The molecule has 0 unspecified atom stereocenters. The highest BCUT2D eigenvalue weighted by Gasteiger charge is 2.20. The van der Waals surface area contributed by atoms with Gasteiger partial charge in [0.2, 0.25) is 5.91 Å². The van der Waals surface area contributed by atoms with Crippen LogP contribution in [0.3, 0.4) is 0 Å². The van der Waals surface area contributed by atoms with E-state index < -0.39 is 11.2 Å². The number of aromatic amines is 1. The van der Waals surface area contributed by atoms with E-state index >= 15 is 0 Å². The highest BCUT2D eigenvalue weighted by Crippen LogP contribution is 2.09. The number of nitrogens with one attached hydrogen (secondary N) is 1. The van der Waals surface area contributed by atoms with E-state index in [4.69, 9.17) is 0 Å². The summed E-state index contributed by atoms with van der Waals surface area (Å²) in [6, 6.07) is 6.95. The van der Waals surface area contributed by atoms with Crippen LogP contribution in [-0.4, -0.2) is 58.0 Å². The number of amides is 1. The Morgan fingerprint density at radius 1 is 1.12 bits per heavy atom. The standard InChI is InChI=1S/C17H22N4O3/c1-2-19-9-11-20(12-10-19)15(22)7-8-21-14-6-4-3-5-13(14)16(23)18-17(21)24/h3-6H,2,7-12H2,1H3,(H,18,23,24). The van der Waals surface area contributed by atoms with Crippen LogP contribution in [0.4, 0.5) is 0 Å². The number of benzene rings is 1. The molecule has 1 fully saturated rings. The van der Waals surface area contributed by atoms with Crippen LogP contribution in [0.25, 0.3) is 10.9 Å². The fourth-order valence-electron chi connectivity index (χ4n) is 3.14. The van der Waals surface area contributed by atoms with Crippen molar-refractivity contribution in [3.63, 3.8) is 0 Å². The van der Waals surface area contributed by atoms with Gasteiger partial charge in [0.25, 0.3) is 5.56 Å². The number of fused-ring (bicyclic) bond motifs is 1. The second kappa shape index (κ2) is 7.00. The number of H-pyrrole nitrogens is 1. The minimum atomic E-state index is -0.470. The number of piperazine rings is 1. The van der Waals surface area contributed by atoms with Crippen LogP contribution < -0.4 is 11.2 Å². The second-order valence-electron chi connectivity index (χ2n) is 5.99. The van der Waals surface area contributed by atoms with E-state index in [2.05, 4.69) is 16.8 Å². The molecule has 24 heavy (non-hydrogen) atoms. The zero-order valence-electron chi connectivity index (χ0n) is 13.8. The van der Waals surface area contributed by atoms with Crippen molar-refractivity contribution in [2.24, 2.45) is 0 Å². The smallest absolute Gasteiger partial charge is 0.328 e. The SMILES string of the molecule is CCN1CCN(C(=O)CCn2c(=O)[nH]c(=O)c3ccccc32)CC1. The Balaban J connectivity index is 1.73. The van der Waals surface area contributed by atoms with E-state index in [9.17, 15) is 14.4 Å². The van der Waals surface area contributed by atoms with Crippen molar-refractivity contribution < 1.29 is 4.79 Å². The topological polar surface area (TPSA) is 78.4 Å². The Bertz CT molecular complexity index is 847. The maximum atomic E-state index is 12.4. The molecule has 0 radical (unpaired) electrons. The fraction of sp³-hybridized carbons (Fsp3) is 0.471. The molecular weight excluding hydrogens is 308 g/mol. The third-order valence-electron chi connectivity index (χ3n) is 4.63. The number of rotatable bonds is 4. The maximum Gasteiger partial charge on any atom is 0.328 e. The van der Waals surface area contributed by atoms with E-state index in [1.165, 1.54) is 4.57 Å². The van der Waals surface area contributed by atoms with Crippen LogP contribution in [0, 0.1) is 0 Å². The summed E-state index contributed by atoms with van der Waals surface area (Å²) in [6.07, 6.45) is 0.252. The summed E-state index contributed by atoms with van der Waals surface area (Å²) in [5.41, 5.74) is -0.300. The summed E-state index contributed by atoms with van der Waals surface area (Å²) in [5, 5.41) is 0.459. The van der Waals surface area contributed by atoms with Crippen LogP contribution in [0.15, 0.2) is 33.9 Å². The Labute approximate surface area is 139 Å². The zero-order valence-corrected chi connectivity index (χ0v) is 13.8. The largest absolute Gasteiger partial charge is 0.340 e. The average molecular weight is 330 g/mol. The fourth-order valence-corrected chi connectivity index (χ4v) is 3.14. The summed E-state index contributed by atoms with van der Waals surface area (Å²) in [5.74, 6) is 0.0490. The highest BCUT2D eigenvalue weighted by atomic mass is 16.2. The molecule has 7 heteroatoms. The van der Waals surface area contributed by atoms with Gasteiger partial charge in [0.1, 0.15) is 0 Å². The van der Waals surface area contributed by atoms with E-state index in [-0.39, 0.29) is 18.9 Å². The second-order valence-corrected chi connectivity index (χ2v) is 5.99. The minimum absolute atomic E-state index is 0.0490. The van der Waals surface area contributed by atoms with Crippen LogP contribution >= 0.6 is 0 Å². The maximum absolute atomic E-state index is 12.4. The molecule has 128 valence electrons. The summed E-state index contributed by atoms with van der Waals surface area (Å²) < 4.78 is 1.47. The number of aryl methyl sites for hydroxylation is 1. The van der Waals surface area contributed by atoms with Crippen LogP contribution in [0.2, 0.25) is 0 Å². The summed E-state index contributed by atoms with van der Waals surface area (Å²) >= 11 is 0. The molecule has 0 spiro atoms. The monoisotopic (exact) mass is 330 g/mol. The van der Waals surface area contributed by atoms with Gasteiger partial charge in [-0.1, -0.05) is 19.1 Å². The van der Waals surface area contributed by atoms with Crippen molar-refractivity contribution in [2.45, 2.75) is 19.9 Å². The van der Waals surface area contributed by atoms with Crippen molar-refractivity contribution in [2.75, 3.05) is 32.7 Å². The van der Waals surface area contributed by atoms with Gasteiger partial charge in [0, 0.05) is 39.1 Å². The van der Waals surface area contributed by atoms with Crippen molar-refractivity contribution in [3.8, 4) is 0 Å². The van der Waals surface area contributed by atoms with Gasteiger partial charge in [-0.2, -0.15) is 0 Å². The number of hydrogen-bond acceptors (Lipinski definition) is 4. The molecule has 3 rings (SSSR count). The molecule has 1 aliphatic rings. The Kier molecular flexibility index (Phi) is 4.80. The number of hydrogen-bond donors (Lipinski definition) is 1. The van der Waals surface area contributed by atoms with Gasteiger partial charge in [-0.3, -0.25) is 19.1 Å². The van der Waals surface area contributed by atoms with Gasteiger partial charge in [-0.05, 0) is 18.7 Å². The highest BCUT2D eigenvalue weighted by molar-refractivity contribution is 5.79. The van der Waals surface area contributed by atoms with E-state index in [0.717, 1.165) is 32.7 Å². The molecule has 0 atom stereocenters. The first-order valence-corrected chi connectivity index (χ1v) is 8.32. The number of likely N-dealkylation sites (N-methyl/N-ethyl adjacent to an activating group) is 1. The van der Waals surface area contributed by atoms with Gasteiger partial charge >= 0.3 is 5.69 Å². The molecule has 1 aromatic carbocycles. The first kappa shape index (κ1) is 16.4. The van der Waals surface area contributed by atoms with Crippen LogP contribution in [0.5, 0.6) is 0 Å². The first-order valence-electron chi connectivity index (χ1n) is 8.32. The van der Waals surface area contributed by atoms with Gasteiger partial charge < -0.3 is 9.80 Å². The molecule has 0 bridgehead atoms. The lowest BCUT2D eigenvalue weighted by Gasteiger charge is -2.34. The summed E-state index contributed by atoms with van der Waals surface area (Å²) in [4.78, 5) is 42.8. The Morgan fingerprint density at radius 2 is 1.83 bits per heavy atom. The van der Waals surface area contributed by atoms with Gasteiger partial charge in [0.15, 0.2) is 0 Å². The average Bonchev–Trinajstić information content (AvgIpc) is 2.61. The van der Waals surface area contributed by atoms with Crippen LogP contribution in [-0.2, 0) is 11.3 Å². The van der Waals surface area contributed by atoms with Gasteiger partial charge in [-0.25, -0.2) is 4.79 Å². The number of nitrogens with zero attached hydrogens (tertiary/aromatic N) is 3. The lowest BCUT2D eigenvalue weighted by molar-refractivity contribution is -0.133. The number of para-hydroxylation sites is 1. The molecule has 0 saturated carbocycles. The molecule has 1 aromatic heterocycles. The van der Waals surface area contributed by atoms with E-state index in [1.54, 1.807) is 24.3 Å². The Hall–Kier alpha value is -2.41. The predicted octanol–water partition coefficient (Wildman–Crippen LogP) is 0.244. The molecule has 1 aliphatic heterocycles. The summed E-state index contributed by atoms with van der Waals surface area (Å²) in [6.45, 7) is 6.63. The third-order valence-corrected chi connectivity index (χ3v) is 4.63. The number of aromatic nitrogens is 2.